The van der Waals surface area contributed by atoms with Crippen LogP contribution in [0.3, 0.4) is 0 Å². The Labute approximate surface area is 154 Å². The van der Waals surface area contributed by atoms with E-state index < -0.39 is 6.09 Å². The number of nitrogens with zero attached hydrogens (tertiary/aromatic N) is 2. The molecular weight excluding hydrogens is 363 g/mol. The van der Waals surface area contributed by atoms with Gasteiger partial charge >= 0.3 is 6.09 Å². The van der Waals surface area contributed by atoms with Gasteiger partial charge in [0.1, 0.15) is 5.52 Å². The lowest BCUT2D eigenvalue weighted by Crippen LogP contribution is -2.26. The molecule has 0 unspecified atom stereocenters. The lowest BCUT2D eigenvalue weighted by molar-refractivity contribution is -0.577. The van der Waals surface area contributed by atoms with Gasteiger partial charge in [0.25, 0.3) is 0 Å². The van der Waals surface area contributed by atoms with E-state index in [9.17, 15) is 10.0 Å². The van der Waals surface area contributed by atoms with Crippen molar-refractivity contribution in [2.75, 3.05) is 6.61 Å². The number of rotatable bonds is 3. The largest absolute Gasteiger partial charge is 0.618 e. The number of ether oxygens (including phenoxy) is 1. The molecule has 0 radical (unpaired) electrons. The summed E-state index contributed by atoms with van der Waals surface area (Å²) in [5.41, 5.74) is 3.13. The van der Waals surface area contributed by atoms with E-state index in [1.165, 1.54) is 10.8 Å². The predicted molar refractivity (Wildman–Crippen MR) is 97.3 cm³/mol. The minimum atomic E-state index is -0.510. The molecule has 0 amide bonds. The Hall–Kier alpha value is -2.24. The van der Waals surface area contributed by atoms with Crippen LogP contribution in [0.5, 0.6) is 0 Å². The van der Waals surface area contributed by atoms with E-state index in [1.807, 2.05) is 6.07 Å². The van der Waals surface area contributed by atoms with Crippen LogP contribution in [0.15, 0.2) is 36.5 Å². The summed E-state index contributed by atoms with van der Waals surface area (Å²) >= 11 is 12.2. The third kappa shape index (κ3) is 3.17. The number of carbonyl (C=O) groups excluding carboxylic acids is 1. The van der Waals surface area contributed by atoms with Crippen molar-refractivity contribution in [1.29, 1.82) is 0 Å². The molecule has 5 nitrogen and oxygen atoms in total. The van der Waals surface area contributed by atoms with Gasteiger partial charge in [-0.25, -0.2) is 9.36 Å². The Balaban J connectivity index is 2.20. The molecule has 0 aliphatic heterocycles. The maximum absolute atomic E-state index is 12.4. The summed E-state index contributed by atoms with van der Waals surface area (Å²) in [6, 6.07) is 8.54. The van der Waals surface area contributed by atoms with Crippen molar-refractivity contribution < 1.29 is 14.3 Å². The Morgan fingerprint density at radius 1 is 1.32 bits per heavy atom. The lowest BCUT2D eigenvalue weighted by atomic mass is 10.0. The highest BCUT2D eigenvalue weighted by atomic mass is 35.5. The van der Waals surface area contributed by atoms with E-state index in [4.69, 9.17) is 27.9 Å². The van der Waals surface area contributed by atoms with Crippen LogP contribution in [0.1, 0.15) is 23.7 Å². The van der Waals surface area contributed by atoms with Gasteiger partial charge in [-0.2, -0.15) is 4.73 Å². The quantitative estimate of drug-likeness (QED) is 0.498. The zero-order valence-electron chi connectivity index (χ0n) is 13.8. The maximum Gasteiger partial charge on any atom is 0.418 e. The van der Waals surface area contributed by atoms with Crippen LogP contribution in [0, 0.1) is 12.1 Å². The van der Waals surface area contributed by atoms with E-state index in [0.717, 1.165) is 15.9 Å². The molecule has 0 bridgehead atoms. The molecule has 0 saturated heterocycles. The molecule has 0 saturated carbocycles. The fourth-order valence-electron chi connectivity index (χ4n) is 2.92. The number of hydrogen-bond donors (Lipinski definition) is 0. The van der Waals surface area contributed by atoms with Crippen molar-refractivity contribution in [1.82, 2.24) is 4.57 Å². The molecule has 2 heterocycles. The highest BCUT2D eigenvalue weighted by Crippen LogP contribution is 2.29. The molecule has 0 atom stereocenters. The van der Waals surface area contributed by atoms with E-state index >= 15 is 0 Å². The molecular formula is C18H16Cl2N2O3. The molecule has 7 heteroatoms. The average molecular weight is 379 g/mol. The summed E-state index contributed by atoms with van der Waals surface area (Å²) in [4.78, 5) is 12.4. The summed E-state index contributed by atoms with van der Waals surface area (Å²) in [6.07, 6.45) is 1.30. The number of carbonyl (C=O) groups is 1. The van der Waals surface area contributed by atoms with Gasteiger partial charge in [-0.05, 0) is 37.6 Å². The molecule has 25 heavy (non-hydrogen) atoms. The number of benzene rings is 1. The predicted octanol–water partition coefficient (Wildman–Crippen LogP) is 4.49. The highest BCUT2D eigenvalue weighted by Gasteiger charge is 2.25. The van der Waals surface area contributed by atoms with Crippen LogP contribution in [0.25, 0.3) is 11.0 Å². The smallest absolute Gasteiger partial charge is 0.418 e. The van der Waals surface area contributed by atoms with Crippen LogP contribution in [-0.4, -0.2) is 17.3 Å². The molecule has 0 N–H and O–H groups in total. The van der Waals surface area contributed by atoms with Gasteiger partial charge in [0.05, 0.1) is 12.2 Å². The maximum atomic E-state index is 12.4. The number of aromatic nitrogens is 2. The molecule has 0 spiro atoms. The first-order valence-corrected chi connectivity index (χ1v) is 8.52. The lowest BCUT2D eigenvalue weighted by Gasteiger charge is -2.07. The van der Waals surface area contributed by atoms with E-state index in [1.54, 1.807) is 38.1 Å². The van der Waals surface area contributed by atoms with Crippen molar-refractivity contribution in [3.8, 4) is 0 Å². The first-order valence-electron chi connectivity index (χ1n) is 7.77. The number of hydrogen-bond acceptors (Lipinski definition) is 3. The SMILES string of the molecule is CCOC(=O)n1c(C)c(Cc2ccc(Cl)cc2Cl)c2c1ccc[n+]2[O-]. The summed E-state index contributed by atoms with van der Waals surface area (Å²) in [6.45, 7) is 3.78. The van der Waals surface area contributed by atoms with Gasteiger partial charge in [-0.1, -0.05) is 29.3 Å². The standard InChI is InChI=1S/C18H16Cl2N2O3/c1-3-25-18(23)22-11(2)14(17-16(22)5-4-8-21(17)24)9-12-6-7-13(19)10-15(12)20/h4-8,10H,3,9H2,1-2H3. The van der Waals surface area contributed by atoms with Crippen LogP contribution in [-0.2, 0) is 11.2 Å². The fraction of sp³-hybridized carbons (Fsp3) is 0.222. The topological polar surface area (TPSA) is 58.2 Å². The second-order valence-electron chi connectivity index (χ2n) is 5.58. The molecule has 3 rings (SSSR count). The Morgan fingerprint density at radius 3 is 2.76 bits per heavy atom. The van der Waals surface area contributed by atoms with Crippen molar-refractivity contribution in [3.05, 3.63) is 68.6 Å². The summed E-state index contributed by atoms with van der Waals surface area (Å²) in [5.74, 6) is 0. The second kappa shape index (κ2) is 6.94. The van der Waals surface area contributed by atoms with Crippen LogP contribution in [0.4, 0.5) is 4.79 Å². The van der Waals surface area contributed by atoms with Crippen LogP contribution in [0.2, 0.25) is 10.0 Å². The van der Waals surface area contributed by atoms with Gasteiger partial charge in [-0.3, -0.25) is 0 Å². The van der Waals surface area contributed by atoms with E-state index in [0.29, 0.717) is 33.2 Å². The Kier molecular flexibility index (Phi) is 4.88. The monoisotopic (exact) mass is 378 g/mol. The van der Waals surface area contributed by atoms with Crippen LogP contribution >= 0.6 is 23.2 Å². The zero-order chi connectivity index (χ0) is 18.1. The Morgan fingerprint density at radius 2 is 2.08 bits per heavy atom. The minimum absolute atomic E-state index is 0.250. The summed E-state index contributed by atoms with van der Waals surface area (Å²) < 4.78 is 7.31. The normalized spacial score (nSPS) is 11.0. The van der Waals surface area contributed by atoms with E-state index in [-0.39, 0.29) is 6.61 Å². The second-order valence-corrected chi connectivity index (χ2v) is 6.42. The number of pyridine rings is 1. The van der Waals surface area contributed by atoms with Crippen molar-refractivity contribution in [2.24, 2.45) is 0 Å². The van der Waals surface area contributed by atoms with Gasteiger partial charge < -0.3 is 9.94 Å². The van der Waals surface area contributed by atoms with E-state index in [2.05, 4.69) is 0 Å². The minimum Gasteiger partial charge on any atom is -0.618 e. The van der Waals surface area contributed by atoms with Crippen molar-refractivity contribution >= 4 is 40.3 Å². The molecule has 0 aliphatic rings. The molecule has 1 aromatic carbocycles. The van der Waals surface area contributed by atoms with Crippen molar-refractivity contribution in [3.63, 3.8) is 0 Å². The molecule has 0 aliphatic carbocycles. The molecule has 0 fully saturated rings. The van der Waals surface area contributed by atoms with Gasteiger partial charge in [0, 0.05) is 28.2 Å². The molecule has 2 aromatic heterocycles. The fourth-order valence-corrected chi connectivity index (χ4v) is 3.40. The van der Waals surface area contributed by atoms with Crippen molar-refractivity contribution in [2.45, 2.75) is 20.3 Å². The number of halogens is 2. The molecule has 130 valence electrons. The van der Waals surface area contributed by atoms with Gasteiger partial charge in [0.15, 0.2) is 6.20 Å². The third-order valence-electron chi connectivity index (χ3n) is 4.07. The van der Waals surface area contributed by atoms with Crippen LogP contribution < -0.4 is 4.73 Å². The first-order chi connectivity index (χ1) is 11.9. The van der Waals surface area contributed by atoms with Gasteiger partial charge in [-0.15, -0.1) is 0 Å². The van der Waals surface area contributed by atoms with Gasteiger partial charge in [0.2, 0.25) is 5.52 Å². The number of fused-ring (bicyclic) bond motifs is 1. The Bertz CT molecular complexity index is 967. The third-order valence-corrected chi connectivity index (χ3v) is 4.66. The average Bonchev–Trinajstić information content (AvgIpc) is 2.83. The highest BCUT2D eigenvalue weighted by molar-refractivity contribution is 6.35. The summed E-state index contributed by atoms with van der Waals surface area (Å²) in [5, 5.41) is 13.4. The molecule has 3 aromatic rings. The summed E-state index contributed by atoms with van der Waals surface area (Å²) in [7, 11) is 0. The first kappa shape index (κ1) is 17.6. The zero-order valence-corrected chi connectivity index (χ0v) is 15.3.